The molecule has 0 amide bonds. The zero-order valence-corrected chi connectivity index (χ0v) is 13.9. The molecular formula is C16H21N3OS. The Morgan fingerprint density at radius 2 is 1.76 bits per heavy atom. The number of aromatic nitrogens is 2. The molecular weight excluding hydrogens is 282 g/mol. The molecule has 1 atom stereocenters. The molecule has 1 aromatic carbocycles. The summed E-state index contributed by atoms with van der Waals surface area (Å²) in [7, 11) is 1.66. The van der Waals surface area contributed by atoms with Gasteiger partial charge in [0.15, 0.2) is 5.16 Å². The third kappa shape index (κ3) is 3.36. The smallest absolute Gasteiger partial charge is 0.192 e. The van der Waals surface area contributed by atoms with Gasteiger partial charge in [-0.3, -0.25) is 0 Å². The molecule has 1 aromatic heterocycles. The Labute approximate surface area is 130 Å². The van der Waals surface area contributed by atoms with Gasteiger partial charge in [0.25, 0.3) is 0 Å². The number of aryl methyl sites for hydroxylation is 2. The molecule has 0 aliphatic carbocycles. The summed E-state index contributed by atoms with van der Waals surface area (Å²) in [6.45, 7) is 8.00. The normalized spacial score (nSPS) is 12.3. The Hall–Kier alpha value is -1.59. The molecule has 2 aromatic rings. The van der Waals surface area contributed by atoms with Crippen molar-refractivity contribution in [3.63, 3.8) is 0 Å². The Kier molecular flexibility index (Phi) is 4.85. The van der Waals surface area contributed by atoms with Gasteiger partial charge in [-0.15, -0.1) is 0 Å². The number of nitrogens with two attached hydrogens (primary N) is 1. The lowest BCUT2D eigenvalue weighted by molar-refractivity contribution is 0.405. The van der Waals surface area contributed by atoms with Gasteiger partial charge in [-0.1, -0.05) is 6.07 Å². The van der Waals surface area contributed by atoms with Crippen LogP contribution in [-0.4, -0.2) is 17.1 Å². The van der Waals surface area contributed by atoms with E-state index < -0.39 is 0 Å². The molecule has 0 spiro atoms. The highest BCUT2D eigenvalue weighted by Gasteiger charge is 2.15. The van der Waals surface area contributed by atoms with E-state index in [-0.39, 0.29) is 6.04 Å². The van der Waals surface area contributed by atoms with E-state index in [0.717, 1.165) is 38.3 Å². The van der Waals surface area contributed by atoms with E-state index in [1.807, 2.05) is 45.9 Å². The maximum absolute atomic E-state index is 6.09. The number of ether oxygens (including phenoxy) is 1. The van der Waals surface area contributed by atoms with Crippen LogP contribution in [0.2, 0.25) is 0 Å². The molecule has 0 bridgehead atoms. The quantitative estimate of drug-likeness (QED) is 0.875. The van der Waals surface area contributed by atoms with Gasteiger partial charge in [-0.05, 0) is 57.2 Å². The Bertz CT molecular complexity index is 633. The second-order valence-electron chi connectivity index (χ2n) is 5.06. The summed E-state index contributed by atoms with van der Waals surface area (Å²) in [5.74, 6) is 0.801. The third-order valence-electron chi connectivity index (χ3n) is 3.51. The molecule has 21 heavy (non-hydrogen) atoms. The van der Waals surface area contributed by atoms with Crippen LogP contribution >= 0.6 is 11.8 Å². The first-order valence-electron chi connectivity index (χ1n) is 6.86. The summed E-state index contributed by atoms with van der Waals surface area (Å²) in [5, 5.41) is 0.741. The van der Waals surface area contributed by atoms with Crippen molar-refractivity contribution >= 4 is 11.8 Å². The second-order valence-corrected chi connectivity index (χ2v) is 6.07. The minimum Gasteiger partial charge on any atom is -0.496 e. The minimum atomic E-state index is -0.115. The summed E-state index contributed by atoms with van der Waals surface area (Å²) in [6.07, 6.45) is 0. The molecule has 0 fully saturated rings. The number of hydrogen-bond donors (Lipinski definition) is 1. The largest absolute Gasteiger partial charge is 0.496 e. The van der Waals surface area contributed by atoms with E-state index >= 15 is 0 Å². The first-order chi connectivity index (χ1) is 9.93. The second kappa shape index (κ2) is 6.45. The van der Waals surface area contributed by atoms with Gasteiger partial charge in [0.05, 0.1) is 7.11 Å². The molecule has 2 rings (SSSR count). The lowest BCUT2D eigenvalue weighted by atomic mass is 10.1. The van der Waals surface area contributed by atoms with Crippen molar-refractivity contribution < 1.29 is 4.74 Å². The van der Waals surface area contributed by atoms with Gasteiger partial charge in [0.1, 0.15) is 5.75 Å². The first kappa shape index (κ1) is 15.8. The third-order valence-corrected chi connectivity index (χ3v) is 4.46. The van der Waals surface area contributed by atoms with E-state index in [0.29, 0.717) is 0 Å². The Morgan fingerprint density at radius 1 is 1.14 bits per heavy atom. The fraction of sp³-hybridized carbons (Fsp3) is 0.375. The molecule has 2 N–H and O–H groups in total. The predicted octanol–water partition coefficient (Wildman–Crippen LogP) is 3.58. The summed E-state index contributed by atoms with van der Waals surface area (Å²) in [5.41, 5.74) is 10.2. The first-order valence-corrected chi connectivity index (χ1v) is 7.67. The predicted molar refractivity (Wildman–Crippen MR) is 86.0 cm³/mol. The lowest BCUT2D eigenvalue weighted by Gasteiger charge is -2.16. The molecule has 0 saturated heterocycles. The van der Waals surface area contributed by atoms with Crippen LogP contribution in [0.4, 0.5) is 0 Å². The lowest BCUT2D eigenvalue weighted by Crippen LogP contribution is -2.08. The van der Waals surface area contributed by atoms with E-state index in [9.17, 15) is 0 Å². The topological polar surface area (TPSA) is 61.0 Å². The maximum Gasteiger partial charge on any atom is 0.192 e. The van der Waals surface area contributed by atoms with Crippen molar-refractivity contribution in [2.75, 3.05) is 7.11 Å². The molecule has 0 saturated carbocycles. The van der Waals surface area contributed by atoms with Crippen LogP contribution in [0.3, 0.4) is 0 Å². The van der Waals surface area contributed by atoms with Crippen LogP contribution in [0, 0.1) is 20.8 Å². The van der Waals surface area contributed by atoms with Crippen LogP contribution < -0.4 is 10.5 Å². The minimum absolute atomic E-state index is 0.115. The van der Waals surface area contributed by atoms with Gasteiger partial charge < -0.3 is 10.5 Å². The van der Waals surface area contributed by atoms with Crippen molar-refractivity contribution in [2.45, 2.75) is 43.8 Å². The summed E-state index contributed by atoms with van der Waals surface area (Å²) in [6, 6.07) is 5.80. The number of benzene rings is 1. The maximum atomic E-state index is 6.09. The van der Waals surface area contributed by atoms with Gasteiger partial charge >= 0.3 is 0 Å². The average Bonchev–Trinajstić information content (AvgIpc) is 2.44. The van der Waals surface area contributed by atoms with Crippen molar-refractivity contribution in [2.24, 2.45) is 5.73 Å². The van der Waals surface area contributed by atoms with Gasteiger partial charge in [0, 0.05) is 27.9 Å². The van der Waals surface area contributed by atoms with Crippen LogP contribution in [0.5, 0.6) is 5.75 Å². The molecule has 0 aliphatic rings. The van der Waals surface area contributed by atoms with Gasteiger partial charge in [-0.2, -0.15) is 0 Å². The van der Waals surface area contributed by atoms with Crippen LogP contribution in [-0.2, 0) is 0 Å². The van der Waals surface area contributed by atoms with Crippen molar-refractivity contribution in [1.82, 2.24) is 9.97 Å². The van der Waals surface area contributed by atoms with Crippen LogP contribution in [0.1, 0.15) is 35.5 Å². The van der Waals surface area contributed by atoms with E-state index in [1.165, 1.54) is 11.8 Å². The number of nitrogens with zero attached hydrogens (tertiary/aromatic N) is 2. The van der Waals surface area contributed by atoms with Crippen molar-refractivity contribution in [3.05, 3.63) is 40.7 Å². The molecule has 0 aliphatic heterocycles. The molecule has 112 valence electrons. The highest BCUT2D eigenvalue weighted by Crippen LogP contribution is 2.36. The molecule has 4 nitrogen and oxygen atoms in total. The number of hydrogen-bond acceptors (Lipinski definition) is 5. The fourth-order valence-corrected chi connectivity index (χ4v) is 3.23. The summed E-state index contributed by atoms with van der Waals surface area (Å²) >= 11 is 1.53. The van der Waals surface area contributed by atoms with Crippen molar-refractivity contribution in [1.29, 1.82) is 0 Å². The van der Waals surface area contributed by atoms with E-state index in [1.54, 1.807) is 7.11 Å². The zero-order chi connectivity index (χ0) is 15.6. The number of methoxy groups -OCH3 is 1. The van der Waals surface area contributed by atoms with Crippen LogP contribution in [0.25, 0.3) is 0 Å². The SMILES string of the molecule is COc1cccc(Sc2nc(C)c(C)c(C)n2)c1[C@H](C)N. The van der Waals surface area contributed by atoms with Crippen molar-refractivity contribution in [3.8, 4) is 5.75 Å². The van der Waals surface area contributed by atoms with Gasteiger partial charge in [-0.25, -0.2) is 9.97 Å². The highest BCUT2D eigenvalue weighted by atomic mass is 32.2. The zero-order valence-electron chi connectivity index (χ0n) is 13.1. The molecule has 0 unspecified atom stereocenters. The van der Waals surface area contributed by atoms with Gasteiger partial charge in [0.2, 0.25) is 0 Å². The molecule has 1 heterocycles. The Balaban J connectivity index is 2.44. The molecule has 5 heteroatoms. The summed E-state index contributed by atoms with van der Waals surface area (Å²) < 4.78 is 5.42. The van der Waals surface area contributed by atoms with E-state index in [4.69, 9.17) is 10.5 Å². The average molecular weight is 303 g/mol. The highest BCUT2D eigenvalue weighted by molar-refractivity contribution is 7.99. The monoisotopic (exact) mass is 303 g/mol. The van der Waals surface area contributed by atoms with Crippen LogP contribution in [0.15, 0.2) is 28.3 Å². The van der Waals surface area contributed by atoms with E-state index in [2.05, 4.69) is 9.97 Å². The molecule has 0 radical (unpaired) electrons. The Morgan fingerprint density at radius 3 is 2.29 bits per heavy atom. The standard InChI is InChI=1S/C16H21N3OS/c1-9-11(3)18-16(19-12(9)4)21-14-8-6-7-13(20-5)15(14)10(2)17/h6-8,10H,17H2,1-5H3/t10-/m0/s1. The summed E-state index contributed by atoms with van der Waals surface area (Å²) in [4.78, 5) is 10.1. The number of rotatable bonds is 4. The fourth-order valence-electron chi connectivity index (χ4n) is 2.13.